The molecule has 0 aliphatic carbocycles. The van der Waals surface area contributed by atoms with Gasteiger partial charge in [-0.25, -0.2) is 0 Å². The van der Waals surface area contributed by atoms with Crippen LogP contribution in [0.15, 0.2) is 23.9 Å². The zero-order valence-corrected chi connectivity index (χ0v) is 10.7. The van der Waals surface area contributed by atoms with Crippen molar-refractivity contribution in [2.45, 2.75) is 33.1 Å². The van der Waals surface area contributed by atoms with Gasteiger partial charge in [-0.1, -0.05) is 19.1 Å². The third-order valence-corrected chi connectivity index (χ3v) is 2.79. The molecule has 0 aliphatic heterocycles. The molecule has 0 fully saturated rings. The molecule has 0 saturated heterocycles. The van der Waals surface area contributed by atoms with Crippen molar-refractivity contribution in [1.29, 1.82) is 0 Å². The number of hydrogen-bond acceptors (Lipinski definition) is 2. The number of nitrogens with two attached hydrogens (primary N) is 1. The lowest BCUT2D eigenvalue weighted by molar-refractivity contribution is 0.351. The van der Waals surface area contributed by atoms with Crippen molar-refractivity contribution in [3.05, 3.63) is 23.9 Å². The van der Waals surface area contributed by atoms with Crippen LogP contribution in [0.3, 0.4) is 0 Å². The monoisotopic (exact) mass is 210 g/mol. The van der Waals surface area contributed by atoms with E-state index in [1.54, 1.807) is 6.08 Å². The summed E-state index contributed by atoms with van der Waals surface area (Å²) in [4.78, 5) is 2.23. The number of rotatable bonds is 7. The maximum Gasteiger partial charge on any atom is 0.0297 e. The molecule has 2 nitrogen and oxygen atoms in total. The second-order valence-corrected chi connectivity index (χ2v) is 4.68. The molecule has 1 unspecified atom stereocenters. The van der Waals surface area contributed by atoms with Crippen molar-refractivity contribution in [2.75, 3.05) is 20.6 Å². The molecule has 0 aromatic rings. The lowest BCUT2D eigenvalue weighted by Crippen LogP contribution is -2.15. The highest BCUT2D eigenvalue weighted by molar-refractivity contribution is 5.18. The Kier molecular flexibility index (Phi) is 7.14. The third-order valence-electron chi connectivity index (χ3n) is 2.79. The van der Waals surface area contributed by atoms with Crippen molar-refractivity contribution in [2.24, 2.45) is 11.7 Å². The molecule has 0 spiro atoms. The smallest absolute Gasteiger partial charge is 0.0297 e. The van der Waals surface area contributed by atoms with Crippen molar-refractivity contribution < 1.29 is 0 Å². The Hall–Kier alpha value is -0.760. The van der Waals surface area contributed by atoms with E-state index < -0.39 is 0 Å². The lowest BCUT2D eigenvalue weighted by Gasteiger charge is -2.15. The Morgan fingerprint density at radius 3 is 2.47 bits per heavy atom. The summed E-state index contributed by atoms with van der Waals surface area (Å²) < 4.78 is 0. The molecule has 0 aromatic heterocycles. The van der Waals surface area contributed by atoms with Crippen molar-refractivity contribution in [3.8, 4) is 0 Å². The number of hydrogen-bond donors (Lipinski definition) is 1. The zero-order chi connectivity index (χ0) is 11.8. The van der Waals surface area contributed by atoms with Crippen LogP contribution in [0.4, 0.5) is 0 Å². The summed E-state index contributed by atoms with van der Waals surface area (Å²) in [6.07, 6.45) is 5.30. The van der Waals surface area contributed by atoms with Gasteiger partial charge in [0.25, 0.3) is 0 Å². The fourth-order valence-corrected chi connectivity index (χ4v) is 1.40. The first-order valence-electron chi connectivity index (χ1n) is 5.69. The molecule has 0 radical (unpaired) electrons. The lowest BCUT2D eigenvalue weighted by atomic mass is 9.98. The zero-order valence-electron chi connectivity index (χ0n) is 10.7. The van der Waals surface area contributed by atoms with E-state index in [0.717, 1.165) is 18.0 Å². The Labute approximate surface area is 94.8 Å². The second-order valence-electron chi connectivity index (χ2n) is 4.68. The molecule has 0 rings (SSSR count). The van der Waals surface area contributed by atoms with Crippen LogP contribution in [-0.2, 0) is 0 Å². The molecule has 0 amide bonds. The van der Waals surface area contributed by atoms with Gasteiger partial charge in [0.1, 0.15) is 0 Å². The normalized spacial score (nSPS) is 15.0. The third kappa shape index (κ3) is 7.20. The van der Waals surface area contributed by atoms with Gasteiger partial charge >= 0.3 is 0 Å². The van der Waals surface area contributed by atoms with E-state index in [4.69, 9.17) is 5.73 Å². The van der Waals surface area contributed by atoms with Gasteiger partial charge in [-0.05, 0) is 58.8 Å². The van der Waals surface area contributed by atoms with E-state index >= 15 is 0 Å². The van der Waals surface area contributed by atoms with Crippen LogP contribution in [0.5, 0.6) is 0 Å². The van der Waals surface area contributed by atoms with E-state index in [1.165, 1.54) is 25.0 Å². The van der Waals surface area contributed by atoms with E-state index in [1.807, 2.05) is 0 Å². The van der Waals surface area contributed by atoms with Crippen LogP contribution in [0.25, 0.3) is 0 Å². The molecule has 0 bridgehead atoms. The minimum absolute atomic E-state index is 0.764. The average Bonchev–Trinajstić information content (AvgIpc) is 2.21. The molecule has 0 saturated carbocycles. The standard InChI is InChI=1S/C13H26N2/c1-6-13(14)12(3)8-7-11(2)9-10-15(4)5/h6,11H,1,7-10,14H2,2-5H3/b13-12+. The predicted octanol–water partition coefficient (Wildman–Crippen LogP) is 2.77. The fourth-order valence-electron chi connectivity index (χ4n) is 1.40. The van der Waals surface area contributed by atoms with Gasteiger partial charge in [0.15, 0.2) is 0 Å². The second kappa shape index (κ2) is 7.52. The summed E-state index contributed by atoms with van der Waals surface area (Å²) in [7, 11) is 4.24. The molecule has 1 atom stereocenters. The van der Waals surface area contributed by atoms with Crippen LogP contribution < -0.4 is 5.73 Å². The van der Waals surface area contributed by atoms with Gasteiger partial charge in [-0.15, -0.1) is 0 Å². The first-order chi connectivity index (χ1) is 6.97. The van der Waals surface area contributed by atoms with Gasteiger partial charge in [-0.2, -0.15) is 0 Å². The molecule has 15 heavy (non-hydrogen) atoms. The highest BCUT2D eigenvalue weighted by atomic mass is 15.0. The van der Waals surface area contributed by atoms with Crippen LogP contribution in [-0.4, -0.2) is 25.5 Å². The van der Waals surface area contributed by atoms with Gasteiger partial charge < -0.3 is 10.6 Å². The molecule has 0 aromatic carbocycles. The highest BCUT2D eigenvalue weighted by Crippen LogP contribution is 2.16. The van der Waals surface area contributed by atoms with Gasteiger partial charge in [0.2, 0.25) is 0 Å². The first kappa shape index (κ1) is 14.2. The maximum absolute atomic E-state index is 5.78. The summed E-state index contributed by atoms with van der Waals surface area (Å²) >= 11 is 0. The Morgan fingerprint density at radius 2 is 2.00 bits per heavy atom. The fraction of sp³-hybridized carbons (Fsp3) is 0.692. The first-order valence-corrected chi connectivity index (χ1v) is 5.69. The molecule has 2 heteroatoms. The molecule has 0 aliphatic rings. The summed E-state index contributed by atoms with van der Waals surface area (Å²) in [5.41, 5.74) is 7.89. The molecule has 88 valence electrons. The Bertz CT molecular complexity index is 217. The summed E-state index contributed by atoms with van der Waals surface area (Å²) in [6, 6.07) is 0. The van der Waals surface area contributed by atoms with E-state index in [-0.39, 0.29) is 0 Å². The van der Waals surface area contributed by atoms with Crippen molar-refractivity contribution in [1.82, 2.24) is 4.90 Å². The minimum Gasteiger partial charge on any atom is -0.399 e. The molecular formula is C13H26N2. The summed E-state index contributed by atoms with van der Waals surface area (Å²) in [6.45, 7) is 9.25. The predicted molar refractivity (Wildman–Crippen MR) is 68.7 cm³/mol. The van der Waals surface area contributed by atoms with E-state index in [9.17, 15) is 0 Å². The van der Waals surface area contributed by atoms with Crippen LogP contribution in [0, 0.1) is 5.92 Å². The highest BCUT2D eigenvalue weighted by Gasteiger charge is 2.04. The van der Waals surface area contributed by atoms with Gasteiger partial charge in [0, 0.05) is 5.70 Å². The molecule has 2 N–H and O–H groups in total. The largest absolute Gasteiger partial charge is 0.399 e. The minimum atomic E-state index is 0.764. The molecular weight excluding hydrogens is 184 g/mol. The average molecular weight is 210 g/mol. The SMILES string of the molecule is C=C/C(N)=C(/C)CCC(C)CCN(C)C. The maximum atomic E-state index is 5.78. The van der Waals surface area contributed by atoms with E-state index in [0.29, 0.717) is 0 Å². The number of allylic oxidation sites excluding steroid dienone is 2. The Balaban J connectivity index is 3.80. The molecule has 0 heterocycles. The summed E-state index contributed by atoms with van der Waals surface area (Å²) in [5.74, 6) is 0.764. The van der Waals surface area contributed by atoms with Crippen LogP contribution >= 0.6 is 0 Å². The van der Waals surface area contributed by atoms with Crippen LogP contribution in [0.2, 0.25) is 0 Å². The van der Waals surface area contributed by atoms with Crippen molar-refractivity contribution in [3.63, 3.8) is 0 Å². The van der Waals surface area contributed by atoms with Crippen LogP contribution in [0.1, 0.15) is 33.1 Å². The quantitative estimate of drug-likeness (QED) is 0.655. The van der Waals surface area contributed by atoms with Gasteiger partial charge in [-0.3, -0.25) is 0 Å². The van der Waals surface area contributed by atoms with Crippen molar-refractivity contribution >= 4 is 0 Å². The van der Waals surface area contributed by atoms with E-state index in [2.05, 4.69) is 39.4 Å². The van der Waals surface area contributed by atoms with Gasteiger partial charge in [0.05, 0.1) is 0 Å². The topological polar surface area (TPSA) is 29.3 Å². The summed E-state index contributed by atoms with van der Waals surface area (Å²) in [5, 5.41) is 0. The number of nitrogens with zero attached hydrogens (tertiary/aromatic N) is 1. The Morgan fingerprint density at radius 1 is 1.40 bits per heavy atom.